The second kappa shape index (κ2) is 7.60. The van der Waals surface area contributed by atoms with Crippen LogP contribution in [0.2, 0.25) is 0 Å². The van der Waals surface area contributed by atoms with Gasteiger partial charge in [0.1, 0.15) is 11.4 Å². The minimum absolute atomic E-state index is 0.0219. The molecule has 6 heteroatoms. The number of nitrogens with one attached hydrogen (secondary N) is 2. The number of carbonyl (C=O) groups excluding carboxylic acids is 1. The molecule has 2 aromatic carbocycles. The highest BCUT2D eigenvalue weighted by molar-refractivity contribution is 5.98. The number of H-pyrrole nitrogens is 2. The molecular formula is C22H22N4O2. The average molecular weight is 374 g/mol. The Morgan fingerprint density at radius 2 is 2.04 bits per heavy atom. The van der Waals surface area contributed by atoms with Crippen LogP contribution in [-0.4, -0.2) is 39.6 Å². The quantitative estimate of drug-likeness (QED) is 0.530. The van der Waals surface area contributed by atoms with Crippen LogP contribution in [0.25, 0.3) is 22.0 Å². The zero-order valence-electron chi connectivity index (χ0n) is 15.9. The molecule has 2 aromatic heterocycles. The van der Waals surface area contributed by atoms with Crippen LogP contribution in [0.15, 0.2) is 60.9 Å². The summed E-state index contributed by atoms with van der Waals surface area (Å²) in [6.07, 6.45) is 3.63. The number of carbonyl (C=O) groups is 1. The maximum atomic E-state index is 13.1. The fraction of sp³-hybridized carbons (Fsp3) is 0.182. The van der Waals surface area contributed by atoms with Crippen LogP contribution in [0, 0.1) is 0 Å². The number of methoxy groups -OCH3 is 1. The summed E-state index contributed by atoms with van der Waals surface area (Å²) in [7, 11) is 1.64. The van der Waals surface area contributed by atoms with Gasteiger partial charge in [-0.1, -0.05) is 24.3 Å². The second-order valence-corrected chi connectivity index (χ2v) is 6.64. The SMILES string of the molecule is CCN(Cc1cccc(OC)c1)C(=O)c1cc2ccc(-c3cn[nH]c3)cc2[nH]1. The lowest BCUT2D eigenvalue weighted by Gasteiger charge is -2.20. The molecule has 4 aromatic rings. The van der Waals surface area contributed by atoms with Crippen molar-refractivity contribution in [2.75, 3.05) is 13.7 Å². The third-order valence-electron chi connectivity index (χ3n) is 4.86. The standard InChI is InChI=1S/C22H22N4O2/c1-3-26(14-15-5-4-6-19(9-15)28-2)22(27)21-11-17-8-7-16(10-20(17)25-21)18-12-23-24-13-18/h4-13,25H,3,14H2,1-2H3,(H,23,24). The normalized spacial score (nSPS) is 10.9. The molecule has 0 aliphatic heterocycles. The highest BCUT2D eigenvalue weighted by Gasteiger charge is 2.17. The highest BCUT2D eigenvalue weighted by Crippen LogP contribution is 2.25. The minimum Gasteiger partial charge on any atom is -0.497 e. The molecule has 1 amide bonds. The molecule has 6 nitrogen and oxygen atoms in total. The highest BCUT2D eigenvalue weighted by atomic mass is 16.5. The molecule has 0 saturated heterocycles. The molecule has 0 aliphatic rings. The molecule has 0 bridgehead atoms. The van der Waals surface area contributed by atoms with Crippen LogP contribution >= 0.6 is 0 Å². The number of amides is 1. The van der Waals surface area contributed by atoms with Crippen LogP contribution < -0.4 is 4.74 Å². The fourth-order valence-electron chi connectivity index (χ4n) is 3.32. The predicted molar refractivity (Wildman–Crippen MR) is 109 cm³/mol. The molecule has 2 heterocycles. The van der Waals surface area contributed by atoms with Crippen molar-refractivity contribution >= 4 is 16.8 Å². The summed E-state index contributed by atoms with van der Waals surface area (Å²) in [4.78, 5) is 18.2. The summed E-state index contributed by atoms with van der Waals surface area (Å²) in [5, 5.41) is 7.82. The first kappa shape index (κ1) is 17.9. The van der Waals surface area contributed by atoms with E-state index in [0.717, 1.165) is 33.3 Å². The number of benzene rings is 2. The molecule has 4 rings (SSSR count). The summed E-state index contributed by atoms with van der Waals surface area (Å²) < 4.78 is 5.28. The number of fused-ring (bicyclic) bond motifs is 1. The van der Waals surface area contributed by atoms with Gasteiger partial charge in [0.05, 0.1) is 13.3 Å². The van der Waals surface area contributed by atoms with Gasteiger partial charge in [-0.25, -0.2) is 0 Å². The molecule has 0 fully saturated rings. The van der Waals surface area contributed by atoms with Gasteiger partial charge >= 0.3 is 0 Å². The molecule has 0 atom stereocenters. The summed E-state index contributed by atoms with van der Waals surface area (Å²) in [6, 6.07) is 15.8. The van der Waals surface area contributed by atoms with Crippen molar-refractivity contribution in [1.29, 1.82) is 0 Å². The summed E-state index contributed by atoms with van der Waals surface area (Å²) in [5.74, 6) is 0.768. The van der Waals surface area contributed by atoms with Gasteiger partial charge in [-0.3, -0.25) is 9.89 Å². The third-order valence-corrected chi connectivity index (χ3v) is 4.86. The van der Waals surface area contributed by atoms with Gasteiger partial charge in [0.2, 0.25) is 0 Å². The Labute approximate surface area is 163 Å². The van der Waals surface area contributed by atoms with Gasteiger partial charge in [0, 0.05) is 35.8 Å². The summed E-state index contributed by atoms with van der Waals surface area (Å²) >= 11 is 0. The molecule has 0 saturated carbocycles. The van der Waals surface area contributed by atoms with Crippen LogP contribution in [-0.2, 0) is 6.54 Å². The van der Waals surface area contributed by atoms with Crippen molar-refractivity contribution in [3.8, 4) is 16.9 Å². The van der Waals surface area contributed by atoms with E-state index in [1.807, 2.05) is 66.6 Å². The van der Waals surface area contributed by atoms with Crippen molar-refractivity contribution in [2.45, 2.75) is 13.5 Å². The van der Waals surface area contributed by atoms with E-state index in [-0.39, 0.29) is 5.91 Å². The van der Waals surface area contributed by atoms with Crippen molar-refractivity contribution in [3.05, 3.63) is 72.2 Å². The van der Waals surface area contributed by atoms with E-state index < -0.39 is 0 Å². The van der Waals surface area contributed by atoms with E-state index in [1.165, 1.54) is 0 Å². The van der Waals surface area contributed by atoms with Gasteiger partial charge < -0.3 is 14.6 Å². The fourth-order valence-corrected chi connectivity index (χ4v) is 3.32. The Morgan fingerprint density at radius 3 is 2.79 bits per heavy atom. The van der Waals surface area contributed by atoms with Crippen molar-refractivity contribution in [1.82, 2.24) is 20.1 Å². The largest absolute Gasteiger partial charge is 0.497 e. The second-order valence-electron chi connectivity index (χ2n) is 6.64. The summed E-state index contributed by atoms with van der Waals surface area (Å²) in [5.41, 5.74) is 4.61. The maximum absolute atomic E-state index is 13.1. The van der Waals surface area contributed by atoms with E-state index in [0.29, 0.717) is 18.8 Å². The van der Waals surface area contributed by atoms with E-state index in [9.17, 15) is 4.79 Å². The van der Waals surface area contributed by atoms with Crippen molar-refractivity contribution in [3.63, 3.8) is 0 Å². The van der Waals surface area contributed by atoms with Crippen LogP contribution in [0.3, 0.4) is 0 Å². The van der Waals surface area contributed by atoms with Gasteiger partial charge in [-0.2, -0.15) is 5.10 Å². The Balaban J connectivity index is 1.59. The van der Waals surface area contributed by atoms with Crippen molar-refractivity contribution in [2.24, 2.45) is 0 Å². The Kier molecular flexibility index (Phi) is 4.85. The number of aromatic nitrogens is 3. The Hall–Kier alpha value is -3.54. The average Bonchev–Trinajstić information content (AvgIpc) is 3.40. The number of ether oxygens (including phenoxy) is 1. The van der Waals surface area contributed by atoms with E-state index in [2.05, 4.69) is 15.2 Å². The lowest BCUT2D eigenvalue weighted by atomic mass is 10.1. The van der Waals surface area contributed by atoms with E-state index >= 15 is 0 Å². The number of rotatable bonds is 6. The van der Waals surface area contributed by atoms with Crippen molar-refractivity contribution < 1.29 is 9.53 Å². The molecule has 2 N–H and O–H groups in total. The maximum Gasteiger partial charge on any atom is 0.270 e. The predicted octanol–water partition coefficient (Wildman–Crippen LogP) is 4.23. The van der Waals surface area contributed by atoms with Gasteiger partial charge in [-0.05, 0) is 42.3 Å². The molecule has 0 radical (unpaired) electrons. The number of nitrogens with zero attached hydrogens (tertiary/aromatic N) is 2. The van der Waals surface area contributed by atoms with Crippen LogP contribution in [0.1, 0.15) is 23.0 Å². The minimum atomic E-state index is -0.0219. The van der Waals surface area contributed by atoms with Gasteiger partial charge in [0.25, 0.3) is 5.91 Å². The molecule has 0 spiro atoms. The number of hydrogen-bond donors (Lipinski definition) is 2. The molecule has 142 valence electrons. The lowest BCUT2D eigenvalue weighted by Crippen LogP contribution is -2.30. The molecule has 28 heavy (non-hydrogen) atoms. The first-order chi connectivity index (χ1) is 13.7. The number of hydrogen-bond acceptors (Lipinski definition) is 3. The number of aromatic amines is 2. The monoisotopic (exact) mass is 374 g/mol. The van der Waals surface area contributed by atoms with Gasteiger partial charge in [-0.15, -0.1) is 0 Å². The lowest BCUT2D eigenvalue weighted by molar-refractivity contribution is 0.0747. The first-order valence-corrected chi connectivity index (χ1v) is 9.22. The molecular weight excluding hydrogens is 352 g/mol. The van der Waals surface area contributed by atoms with Gasteiger partial charge in [0.15, 0.2) is 0 Å². The zero-order chi connectivity index (χ0) is 19.5. The van der Waals surface area contributed by atoms with Crippen LogP contribution in [0.5, 0.6) is 5.75 Å². The Morgan fingerprint density at radius 1 is 1.14 bits per heavy atom. The van der Waals surface area contributed by atoms with E-state index in [1.54, 1.807) is 13.3 Å². The zero-order valence-corrected chi connectivity index (χ0v) is 15.9. The molecule has 0 aliphatic carbocycles. The summed E-state index contributed by atoms with van der Waals surface area (Å²) in [6.45, 7) is 3.13. The smallest absolute Gasteiger partial charge is 0.270 e. The topological polar surface area (TPSA) is 74.0 Å². The third kappa shape index (κ3) is 3.49. The Bertz CT molecular complexity index is 1100. The van der Waals surface area contributed by atoms with Crippen LogP contribution in [0.4, 0.5) is 0 Å². The molecule has 0 unspecified atom stereocenters. The first-order valence-electron chi connectivity index (χ1n) is 9.22. The van der Waals surface area contributed by atoms with E-state index in [4.69, 9.17) is 4.74 Å².